The van der Waals surface area contributed by atoms with E-state index in [0.717, 1.165) is 6.07 Å². The quantitative estimate of drug-likeness (QED) is 0.427. The molecule has 11 nitrogen and oxygen atoms in total. The average Bonchev–Trinajstić information content (AvgIpc) is 3.27. The van der Waals surface area contributed by atoms with Gasteiger partial charge in [0.15, 0.2) is 12.4 Å². The van der Waals surface area contributed by atoms with Gasteiger partial charge in [0.05, 0.1) is 35.7 Å². The molecule has 0 spiro atoms. The smallest absolute Gasteiger partial charge is 0.341 e. The standard InChI is InChI=1S/C18H17N3O8/c22-16(19-17(23)15-2-1-7-28-15)11-29-18(24)13-10-12(21(25)26)3-4-14(13)20-5-8-27-9-6-20/h1-4,7,10H,5-6,8-9,11H2,(H,19,22,23). The van der Waals surface area contributed by atoms with E-state index in [1.54, 1.807) is 0 Å². The Kier molecular flexibility index (Phi) is 6.19. The van der Waals surface area contributed by atoms with Crippen LogP contribution in [0.2, 0.25) is 0 Å². The molecule has 1 aromatic carbocycles. The summed E-state index contributed by atoms with van der Waals surface area (Å²) < 4.78 is 15.1. The Morgan fingerprint density at radius 2 is 1.97 bits per heavy atom. The van der Waals surface area contributed by atoms with Gasteiger partial charge in [-0.25, -0.2) is 4.79 Å². The SMILES string of the molecule is O=C(COC(=O)c1cc([N+](=O)[O-])ccc1N1CCOCC1)NC(=O)c1ccco1. The van der Waals surface area contributed by atoms with Gasteiger partial charge in [-0.15, -0.1) is 0 Å². The number of furan rings is 1. The van der Waals surface area contributed by atoms with Crippen LogP contribution < -0.4 is 10.2 Å². The number of esters is 1. The third kappa shape index (κ3) is 4.96. The summed E-state index contributed by atoms with van der Waals surface area (Å²) in [7, 11) is 0. The Morgan fingerprint density at radius 1 is 1.21 bits per heavy atom. The number of nitrogens with zero attached hydrogens (tertiary/aromatic N) is 2. The summed E-state index contributed by atoms with van der Waals surface area (Å²) >= 11 is 0. The molecule has 3 rings (SSSR count). The number of carbonyl (C=O) groups is 3. The third-order valence-corrected chi connectivity index (χ3v) is 4.09. The van der Waals surface area contributed by atoms with Gasteiger partial charge in [0, 0.05) is 25.2 Å². The van der Waals surface area contributed by atoms with E-state index in [9.17, 15) is 24.5 Å². The number of carbonyl (C=O) groups excluding carboxylic acids is 3. The van der Waals surface area contributed by atoms with Crippen LogP contribution in [0.25, 0.3) is 0 Å². The van der Waals surface area contributed by atoms with Crippen LogP contribution in [0.1, 0.15) is 20.9 Å². The molecule has 0 aliphatic carbocycles. The van der Waals surface area contributed by atoms with Crippen LogP contribution in [0.15, 0.2) is 41.0 Å². The van der Waals surface area contributed by atoms with Gasteiger partial charge in [0.25, 0.3) is 17.5 Å². The van der Waals surface area contributed by atoms with Gasteiger partial charge < -0.3 is 18.8 Å². The molecule has 0 radical (unpaired) electrons. The molecule has 2 amide bonds. The topological polar surface area (TPSA) is 141 Å². The molecular formula is C18H17N3O8. The average molecular weight is 403 g/mol. The van der Waals surface area contributed by atoms with E-state index >= 15 is 0 Å². The van der Waals surface area contributed by atoms with Crippen molar-refractivity contribution in [3.63, 3.8) is 0 Å². The lowest BCUT2D eigenvalue weighted by Crippen LogP contribution is -2.37. The number of hydrogen-bond acceptors (Lipinski definition) is 9. The first-order valence-electron chi connectivity index (χ1n) is 8.61. The van der Waals surface area contributed by atoms with Crippen LogP contribution in [0, 0.1) is 10.1 Å². The maximum absolute atomic E-state index is 12.5. The molecule has 1 aromatic heterocycles. The number of amides is 2. The summed E-state index contributed by atoms with van der Waals surface area (Å²) in [5.41, 5.74) is 0.105. The van der Waals surface area contributed by atoms with Crippen molar-refractivity contribution in [1.82, 2.24) is 5.32 Å². The van der Waals surface area contributed by atoms with E-state index in [2.05, 4.69) is 0 Å². The first-order chi connectivity index (χ1) is 14.0. The Bertz CT molecular complexity index is 919. The minimum Gasteiger partial charge on any atom is -0.459 e. The molecule has 152 valence electrons. The maximum atomic E-state index is 12.5. The van der Waals surface area contributed by atoms with Crippen LogP contribution >= 0.6 is 0 Å². The number of nitrogens with one attached hydrogen (secondary N) is 1. The summed E-state index contributed by atoms with van der Waals surface area (Å²) in [5.74, 6) is -2.63. The Morgan fingerprint density at radius 3 is 2.62 bits per heavy atom. The summed E-state index contributed by atoms with van der Waals surface area (Å²) in [5, 5.41) is 13.1. The highest BCUT2D eigenvalue weighted by Crippen LogP contribution is 2.27. The van der Waals surface area contributed by atoms with Crippen molar-refractivity contribution in [2.75, 3.05) is 37.8 Å². The van der Waals surface area contributed by atoms with E-state index in [4.69, 9.17) is 13.9 Å². The number of rotatable bonds is 6. The largest absolute Gasteiger partial charge is 0.459 e. The van der Waals surface area contributed by atoms with Gasteiger partial charge in [0.2, 0.25) is 0 Å². The van der Waals surface area contributed by atoms with Crippen molar-refractivity contribution in [2.24, 2.45) is 0 Å². The molecule has 1 aliphatic rings. The second-order valence-electron chi connectivity index (χ2n) is 5.99. The molecule has 0 saturated carbocycles. The zero-order valence-corrected chi connectivity index (χ0v) is 15.2. The van der Waals surface area contributed by atoms with Gasteiger partial charge in [-0.05, 0) is 18.2 Å². The molecule has 0 bridgehead atoms. The number of hydrogen-bond donors (Lipinski definition) is 1. The number of anilines is 1. The van der Waals surface area contributed by atoms with Gasteiger partial charge in [-0.2, -0.15) is 0 Å². The van der Waals surface area contributed by atoms with Crippen molar-refractivity contribution in [2.45, 2.75) is 0 Å². The van der Waals surface area contributed by atoms with E-state index in [1.807, 2.05) is 10.2 Å². The first-order valence-corrected chi connectivity index (χ1v) is 8.61. The predicted molar refractivity (Wildman–Crippen MR) is 97.6 cm³/mol. The molecular weight excluding hydrogens is 386 g/mol. The summed E-state index contributed by atoms with van der Waals surface area (Å²) in [6.07, 6.45) is 1.27. The number of nitro groups is 1. The normalized spacial score (nSPS) is 13.6. The molecule has 1 aliphatic heterocycles. The predicted octanol–water partition coefficient (Wildman–Crippen LogP) is 1.14. The molecule has 2 aromatic rings. The lowest BCUT2D eigenvalue weighted by atomic mass is 10.1. The van der Waals surface area contributed by atoms with Crippen LogP contribution in [-0.2, 0) is 14.3 Å². The zero-order valence-electron chi connectivity index (χ0n) is 15.2. The lowest BCUT2D eigenvalue weighted by Gasteiger charge is -2.30. The molecule has 1 N–H and O–H groups in total. The lowest BCUT2D eigenvalue weighted by molar-refractivity contribution is -0.384. The van der Waals surface area contributed by atoms with Gasteiger partial charge in [-0.1, -0.05) is 0 Å². The number of non-ortho nitro benzene ring substituents is 1. The van der Waals surface area contributed by atoms with Crippen LogP contribution in [0.4, 0.5) is 11.4 Å². The number of imide groups is 1. The number of benzene rings is 1. The number of nitro benzene ring substituents is 1. The molecule has 1 fully saturated rings. The molecule has 11 heteroatoms. The second-order valence-corrected chi connectivity index (χ2v) is 5.99. The van der Waals surface area contributed by atoms with Crippen molar-refractivity contribution in [3.8, 4) is 0 Å². The van der Waals surface area contributed by atoms with Gasteiger partial charge >= 0.3 is 5.97 Å². The van der Waals surface area contributed by atoms with Crippen molar-refractivity contribution in [3.05, 3.63) is 58.0 Å². The Hall–Kier alpha value is -3.73. The van der Waals surface area contributed by atoms with E-state index in [1.165, 1.54) is 30.5 Å². The first kappa shape index (κ1) is 20.0. The molecule has 29 heavy (non-hydrogen) atoms. The van der Waals surface area contributed by atoms with Gasteiger partial charge in [-0.3, -0.25) is 25.0 Å². The minimum absolute atomic E-state index is 0.0498. The Labute approximate surface area is 164 Å². The fraction of sp³-hybridized carbons (Fsp3) is 0.278. The highest BCUT2D eigenvalue weighted by atomic mass is 16.6. The third-order valence-electron chi connectivity index (χ3n) is 4.09. The Balaban J connectivity index is 1.69. The van der Waals surface area contributed by atoms with Crippen molar-refractivity contribution >= 4 is 29.2 Å². The number of ether oxygens (including phenoxy) is 2. The minimum atomic E-state index is -0.921. The van der Waals surface area contributed by atoms with E-state index in [-0.39, 0.29) is 17.0 Å². The summed E-state index contributed by atoms with van der Waals surface area (Å²) in [4.78, 5) is 48.4. The van der Waals surface area contributed by atoms with E-state index < -0.39 is 29.3 Å². The van der Waals surface area contributed by atoms with Gasteiger partial charge in [0.1, 0.15) is 0 Å². The highest BCUT2D eigenvalue weighted by molar-refractivity contribution is 6.04. The summed E-state index contributed by atoms with van der Waals surface area (Å²) in [6.45, 7) is 1.15. The fourth-order valence-corrected chi connectivity index (χ4v) is 2.72. The van der Waals surface area contributed by atoms with Crippen LogP contribution in [0.5, 0.6) is 0 Å². The van der Waals surface area contributed by atoms with E-state index in [0.29, 0.717) is 32.0 Å². The maximum Gasteiger partial charge on any atom is 0.341 e. The zero-order chi connectivity index (χ0) is 20.8. The molecule has 0 atom stereocenters. The fourth-order valence-electron chi connectivity index (χ4n) is 2.72. The van der Waals surface area contributed by atoms with Crippen LogP contribution in [-0.4, -0.2) is 55.6 Å². The molecule has 0 unspecified atom stereocenters. The van der Waals surface area contributed by atoms with Crippen molar-refractivity contribution < 1.29 is 33.2 Å². The second kappa shape index (κ2) is 8.97. The highest BCUT2D eigenvalue weighted by Gasteiger charge is 2.24. The summed E-state index contributed by atoms with van der Waals surface area (Å²) in [6, 6.07) is 6.69. The number of morpholine rings is 1. The van der Waals surface area contributed by atoms with Crippen molar-refractivity contribution in [1.29, 1.82) is 0 Å². The van der Waals surface area contributed by atoms with Crippen LogP contribution in [0.3, 0.4) is 0 Å². The molecule has 1 saturated heterocycles. The molecule has 2 heterocycles. The monoisotopic (exact) mass is 403 g/mol.